The lowest BCUT2D eigenvalue weighted by molar-refractivity contribution is -0.115. The smallest absolute Gasteiger partial charge is 0.243 e. The van der Waals surface area contributed by atoms with Crippen molar-refractivity contribution in [1.29, 1.82) is 0 Å². The van der Waals surface area contributed by atoms with Gasteiger partial charge in [-0.1, -0.05) is 28.1 Å². The topological polar surface area (TPSA) is 70.2 Å². The van der Waals surface area contributed by atoms with Gasteiger partial charge in [-0.25, -0.2) is 0 Å². The Hall–Kier alpha value is -2.34. The van der Waals surface area contributed by atoms with E-state index in [1.807, 2.05) is 37.3 Å². The first-order valence-corrected chi connectivity index (χ1v) is 7.91. The van der Waals surface area contributed by atoms with Gasteiger partial charge >= 0.3 is 0 Å². The van der Waals surface area contributed by atoms with Crippen molar-refractivity contribution < 1.29 is 9.59 Å². The maximum absolute atomic E-state index is 12.0. The minimum absolute atomic E-state index is 0.134. The number of amides is 2. The third-order valence-corrected chi connectivity index (χ3v) is 3.95. The fourth-order valence-electron chi connectivity index (χ4n) is 1.97. The summed E-state index contributed by atoms with van der Waals surface area (Å²) >= 11 is 3.44. The Morgan fingerprint density at radius 3 is 2.39 bits per heavy atom. The van der Waals surface area contributed by atoms with Crippen LogP contribution in [-0.2, 0) is 9.59 Å². The highest BCUT2D eigenvalue weighted by Gasteiger charge is 2.04. The maximum atomic E-state index is 12.0. The Morgan fingerprint density at radius 1 is 1.00 bits per heavy atom. The standard InChI is InChI=1S/C17H18BrN3O2/c1-11-6-7-15(9-16(11)18)21-17(23)10-19-13-4-3-5-14(8-13)20-12(2)22/h3-9,19H,10H2,1-2H3,(H,20,22)(H,21,23). The molecule has 2 amide bonds. The molecular weight excluding hydrogens is 358 g/mol. The van der Waals surface area contributed by atoms with E-state index in [1.54, 1.807) is 12.1 Å². The van der Waals surface area contributed by atoms with Crippen molar-refractivity contribution in [1.82, 2.24) is 0 Å². The SMILES string of the molecule is CC(=O)Nc1cccc(NCC(=O)Nc2ccc(C)c(Br)c2)c1. The van der Waals surface area contributed by atoms with Crippen LogP contribution in [0.2, 0.25) is 0 Å². The minimum atomic E-state index is -0.148. The fourth-order valence-corrected chi connectivity index (χ4v) is 2.35. The summed E-state index contributed by atoms with van der Waals surface area (Å²) in [7, 11) is 0. The zero-order chi connectivity index (χ0) is 16.8. The summed E-state index contributed by atoms with van der Waals surface area (Å²) < 4.78 is 0.950. The summed E-state index contributed by atoms with van der Waals surface area (Å²) in [6, 6.07) is 12.9. The van der Waals surface area contributed by atoms with Crippen LogP contribution >= 0.6 is 15.9 Å². The van der Waals surface area contributed by atoms with Crippen molar-refractivity contribution >= 4 is 44.8 Å². The van der Waals surface area contributed by atoms with Crippen molar-refractivity contribution in [2.45, 2.75) is 13.8 Å². The Balaban J connectivity index is 1.91. The van der Waals surface area contributed by atoms with Gasteiger partial charge < -0.3 is 16.0 Å². The number of halogens is 1. The first kappa shape index (κ1) is 17.0. The largest absolute Gasteiger partial charge is 0.376 e. The normalized spacial score (nSPS) is 10.0. The summed E-state index contributed by atoms with van der Waals surface area (Å²) in [5.41, 5.74) is 3.29. The van der Waals surface area contributed by atoms with Crippen LogP contribution in [0.4, 0.5) is 17.1 Å². The van der Waals surface area contributed by atoms with E-state index in [1.165, 1.54) is 6.92 Å². The van der Waals surface area contributed by atoms with Gasteiger partial charge in [0, 0.05) is 28.5 Å². The lowest BCUT2D eigenvalue weighted by Gasteiger charge is -2.10. The molecule has 0 spiro atoms. The summed E-state index contributed by atoms with van der Waals surface area (Å²) in [5.74, 6) is -0.282. The maximum Gasteiger partial charge on any atom is 0.243 e. The quantitative estimate of drug-likeness (QED) is 0.744. The highest BCUT2D eigenvalue weighted by atomic mass is 79.9. The molecule has 6 heteroatoms. The lowest BCUT2D eigenvalue weighted by atomic mass is 10.2. The van der Waals surface area contributed by atoms with Crippen molar-refractivity contribution in [2.24, 2.45) is 0 Å². The van der Waals surface area contributed by atoms with Crippen LogP contribution in [-0.4, -0.2) is 18.4 Å². The molecule has 0 aromatic heterocycles. The molecule has 3 N–H and O–H groups in total. The summed E-state index contributed by atoms with van der Waals surface area (Å²) in [5, 5.41) is 8.55. The minimum Gasteiger partial charge on any atom is -0.376 e. The molecule has 0 aliphatic heterocycles. The van der Waals surface area contributed by atoms with E-state index >= 15 is 0 Å². The first-order chi connectivity index (χ1) is 10.9. The van der Waals surface area contributed by atoms with Crippen molar-refractivity contribution in [2.75, 3.05) is 22.5 Å². The van der Waals surface area contributed by atoms with Crippen LogP contribution in [0.3, 0.4) is 0 Å². The zero-order valence-corrected chi connectivity index (χ0v) is 14.5. The summed E-state index contributed by atoms with van der Waals surface area (Å²) in [4.78, 5) is 23.0. The van der Waals surface area contributed by atoms with Gasteiger partial charge in [-0.2, -0.15) is 0 Å². The molecule has 2 aromatic carbocycles. The van der Waals surface area contributed by atoms with E-state index in [0.717, 1.165) is 21.4 Å². The Bertz CT molecular complexity index is 732. The van der Waals surface area contributed by atoms with Crippen LogP contribution in [0, 0.1) is 6.92 Å². The third kappa shape index (κ3) is 5.41. The molecule has 23 heavy (non-hydrogen) atoms. The van der Waals surface area contributed by atoms with Crippen LogP contribution in [0.25, 0.3) is 0 Å². The zero-order valence-electron chi connectivity index (χ0n) is 12.9. The molecule has 5 nitrogen and oxygen atoms in total. The average molecular weight is 376 g/mol. The van der Waals surface area contributed by atoms with Gasteiger partial charge in [0.05, 0.1) is 6.54 Å². The van der Waals surface area contributed by atoms with Gasteiger partial charge in [0.25, 0.3) is 0 Å². The third-order valence-electron chi connectivity index (χ3n) is 3.09. The monoisotopic (exact) mass is 375 g/mol. The molecular formula is C17H18BrN3O2. The number of anilines is 3. The molecule has 0 saturated heterocycles. The van der Waals surface area contributed by atoms with Gasteiger partial charge in [-0.05, 0) is 42.8 Å². The number of rotatable bonds is 5. The molecule has 0 unspecified atom stereocenters. The van der Waals surface area contributed by atoms with Crippen molar-refractivity contribution in [3.8, 4) is 0 Å². The molecule has 0 saturated carbocycles. The number of benzene rings is 2. The number of aryl methyl sites for hydroxylation is 1. The molecule has 0 atom stereocenters. The van der Waals surface area contributed by atoms with Crippen LogP contribution in [0.1, 0.15) is 12.5 Å². The van der Waals surface area contributed by atoms with Gasteiger partial charge in [0.1, 0.15) is 0 Å². The molecule has 0 bridgehead atoms. The predicted molar refractivity (Wildman–Crippen MR) is 96.7 cm³/mol. The van der Waals surface area contributed by atoms with E-state index < -0.39 is 0 Å². The van der Waals surface area contributed by atoms with Gasteiger partial charge in [0.15, 0.2) is 0 Å². The lowest BCUT2D eigenvalue weighted by Crippen LogP contribution is -2.21. The van der Waals surface area contributed by atoms with Gasteiger partial charge in [-0.15, -0.1) is 0 Å². The van der Waals surface area contributed by atoms with Gasteiger partial charge in [-0.3, -0.25) is 9.59 Å². The number of hydrogen-bond donors (Lipinski definition) is 3. The fraction of sp³-hybridized carbons (Fsp3) is 0.176. The summed E-state index contributed by atoms with van der Waals surface area (Å²) in [6.07, 6.45) is 0. The van der Waals surface area contributed by atoms with Crippen LogP contribution < -0.4 is 16.0 Å². The predicted octanol–water partition coefficient (Wildman–Crippen LogP) is 3.77. The first-order valence-electron chi connectivity index (χ1n) is 7.11. The molecule has 0 aliphatic rings. The second kappa shape index (κ2) is 7.78. The van der Waals surface area contributed by atoms with E-state index in [4.69, 9.17) is 0 Å². The molecule has 0 radical (unpaired) electrons. The molecule has 2 aromatic rings. The number of carbonyl (C=O) groups excluding carboxylic acids is 2. The Kier molecular flexibility index (Phi) is 5.76. The molecule has 0 fully saturated rings. The summed E-state index contributed by atoms with van der Waals surface area (Å²) in [6.45, 7) is 3.57. The Morgan fingerprint density at radius 2 is 1.70 bits per heavy atom. The second-order valence-electron chi connectivity index (χ2n) is 5.13. The number of carbonyl (C=O) groups is 2. The molecule has 120 valence electrons. The van der Waals surface area contributed by atoms with Crippen LogP contribution in [0.15, 0.2) is 46.9 Å². The number of hydrogen-bond acceptors (Lipinski definition) is 3. The molecule has 0 heterocycles. The van der Waals surface area contributed by atoms with E-state index in [0.29, 0.717) is 5.69 Å². The highest BCUT2D eigenvalue weighted by Crippen LogP contribution is 2.20. The molecule has 2 rings (SSSR count). The van der Waals surface area contributed by atoms with E-state index in [-0.39, 0.29) is 18.4 Å². The second-order valence-corrected chi connectivity index (χ2v) is 5.98. The van der Waals surface area contributed by atoms with E-state index in [9.17, 15) is 9.59 Å². The van der Waals surface area contributed by atoms with Crippen molar-refractivity contribution in [3.63, 3.8) is 0 Å². The highest BCUT2D eigenvalue weighted by molar-refractivity contribution is 9.10. The van der Waals surface area contributed by atoms with Crippen molar-refractivity contribution in [3.05, 3.63) is 52.5 Å². The van der Waals surface area contributed by atoms with E-state index in [2.05, 4.69) is 31.9 Å². The molecule has 0 aliphatic carbocycles. The van der Waals surface area contributed by atoms with Crippen LogP contribution in [0.5, 0.6) is 0 Å². The average Bonchev–Trinajstić information content (AvgIpc) is 2.49. The Labute approximate surface area is 143 Å². The number of nitrogens with one attached hydrogen (secondary N) is 3. The van der Waals surface area contributed by atoms with Gasteiger partial charge in [0.2, 0.25) is 11.8 Å².